The topological polar surface area (TPSA) is 21.7 Å². The molecule has 0 N–H and O–H groups in total. The Morgan fingerprint density at radius 2 is 1.74 bits per heavy atom. The predicted molar refractivity (Wildman–Crippen MR) is 93.5 cm³/mol. The minimum absolute atomic E-state index is 0.791. The Morgan fingerprint density at radius 1 is 1.04 bits per heavy atom. The third kappa shape index (κ3) is 4.14. The third-order valence-corrected chi connectivity index (χ3v) is 4.11. The molecule has 0 saturated carbocycles. The molecule has 23 heavy (non-hydrogen) atoms. The minimum Gasteiger partial charge on any atom is -0.497 e. The van der Waals surface area contributed by atoms with Gasteiger partial charge in [0.2, 0.25) is 0 Å². The van der Waals surface area contributed by atoms with Gasteiger partial charge in [0.05, 0.1) is 20.3 Å². The van der Waals surface area contributed by atoms with Crippen LogP contribution < -0.4 is 4.74 Å². The normalized spacial score (nSPS) is 15.5. The molecule has 2 aromatic carbocycles. The van der Waals surface area contributed by atoms with Gasteiger partial charge < -0.3 is 14.4 Å². The fourth-order valence-electron chi connectivity index (χ4n) is 2.82. The van der Waals surface area contributed by atoms with E-state index in [0.29, 0.717) is 0 Å². The molecule has 1 aliphatic heterocycles. The lowest BCUT2D eigenvalue weighted by Gasteiger charge is -2.31. The summed E-state index contributed by atoms with van der Waals surface area (Å²) in [5.41, 5.74) is 3.83. The average molecular weight is 309 g/mol. The maximum absolute atomic E-state index is 5.50. The molecular formula is C20H23NO2. The molecule has 0 spiro atoms. The predicted octanol–water partition coefficient (Wildman–Crippen LogP) is 3.61. The van der Waals surface area contributed by atoms with E-state index in [9.17, 15) is 0 Å². The highest BCUT2D eigenvalue weighted by Crippen LogP contribution is 2.23. The molecular weight excluding hydrogens is 286 g/mol. The number of morpholine rings is 1. The van der Waals surface area contributed by atoms with Gasteiger partial charge >= 0.3 is 0 Å². The first-order chi connectivity index (χ1) is 11.4. The molecule has 0 aliphatic carbocycles. The number of nitrogens with zero attached hydrogens (tertiary/aromatic N) is 1. The number of rotatable bonds is 5. The zero-order valence-electron chi connectivity index (χ0n) is 13.6. The SMILES string of the molecule is COc1ccc(C(=CCc2ccccc2)N2CCOCC2)cc1. The van der Waals surface area contributed by atoms with Crippen molar-refractivity contribution in [3.8, 4) is 5.75 Å². The highest BCUT2D eigenvalue weighted by atomic mass is 16.5. The molecule has 2 aromatic rings. The van der Waals surface area contributed by atoms with Crippen LogP contribution in [0.4, 0.5) is 0 Å². The molecule has 1 saturated heterocycles. The van der Waals surface area contributed by atoms with E-state index in [1.165, 1.54) is 16.8 Å². The second-order valence-electron chi connectivity index (χ2n) is 5.61. The van der Waals surface area contributed by atoms with Gasteiger partial charge in [-0.1, -0.05) is 36.4 Å². The van der Waals surface area contributed by atoms with Crippen molar-refractivity contribution >= 4 is 5.70 Å². The van der Waals surface area contributed by atoms with Crippen LogP contribution in [0.3, 0.4) is 0 Å². The fraction of sp³-hybridized carbons (Fsp3) is 0.300. The maximum atomic E-state index is 5.50. The van der Waals surface area contributed by atoms with Crippen molar-refractivity contribution in [3.63, 3.8) is 0 Å². The second kappa shape index (κ2) is 7.84. The zero-order valence-corrected chi connectivity index (χ0v) is 13.6. The van der Waals surface area contributed by atoms with Crippen LogP contribution in [-0.4, -0.2) is 38.3 Å². The molecule has 1 aliphatic rings. The Morgan fingerprint density at radius 3 is 2.39 bits per heavy atom. The van der Waals surface area contributed by atoms with Crippen LogP contribution in [-0.2, 0) is 11.2 Å². The van der Waals surface area contributed by atoms with Crippen LogP contribution in [0.5, 0.6) is 5.75 Å². The largest absolute Gasteiger partial charge is 0.497 e. The van der Waals surface area contributed by atoms with E-state index in [1.807, 2.05) is 12.1 Å². The van der Waals surface area contributed by atoms with E-state index in [1.54, 1.807) is 7.11 Å². The van der Waals surface area contributed by atoms with Crippen molar-refractivity contribution in [3.05, 3.63) is 71.8 Å². The van der Waals surface area contributed by atoms with Crippen molar-refractivity contribution in [2.24, 2.45) is 0 Å². The maximum Gasteiger partial charge on any atom is 0.118 e. The van der Waals surface area contributed by atoms with Gasteiger partial charge in [0.15, 0.2) is 0 Å². The van der Waals surface area contributed by atoms with Crippen molar-refractivity contribution in [1.29, 1.82) is 0 Å². The molecule has 3 nitrogen and oxygen atoms in total. The number of hydrogen-bond acceptors (Lipinski definition) is 3. The summed E-state index contributed by atoms with van der Waals surface area (Å²) in [5, 5.41) is 0. The van der Waals surface area contributed by atoms with Gasteiger partial charge in [-0.2, -0.15) is 0 Å². The first-order valence-corrected chi connectivity index (χ1v) is 8.08. The fourth-order valence-corrected chi connectivity index (χ4v) is 2.82. The lowest BCUT2D eigenvalue weighted by atomic mass is 10.1. The molecule has 0 bridgehead atoms. The van der Waals surface area contributed by atoms with E-state index >= 15 is 0 Å². The van der Waals surface area contributed by atoms with E-state index < -0.39 is 0 Å². The lowest BCUT2D eigenvalue weighted by Crippen LogP contribution is -2.35. The summed E-state index contributed by atoms with van der Waals surface area (Å²) < 4.78 is 10.8. The summed E-state index contributed by atoms with van der Waals surface area (Å²) in [6, 6.07) is 18.9. The highest BCUT2D eigenvalue weighted by Gasteiger charge is 2.15. The van der Waals surface area contributed by atoms with E-state index in [4.69, 9.17) is 9.47 Å². The molecule has 0 aromatic heterocycles. The van der Waals surface area contributed by atoms with Crippen LogP contribution in [0, 0.1) is 0 Å². The van der Waals surface area contributed by atoms with Gasteiger partial charge in [0.25, 0.3) is 0 Å². The molecule has 3 heteroatoms. The summed E-state index contributed by atoms with van der Waals surface area (Å²) in [5.74, 6) is 0.887. The van der Waals surface area contributed by atoms with E-state index in [2.05, 4.69) is 53.4 Å². The molecule has 0 atom stereocenters. The minimum atomic E-state index is 0.791. The molecule has 120 valence electrons. The van der Waals surface area contributed by atoms with Crippen LogP contribution in [0.1, 0.15) is 11.1 Å². The summed E-state index contributed by atoms with van der Waals surface area (Å²) in [4.78, 5) is 2.41. The second-order valence-corrected chi connectivity index (χ2v) is 5.61. The first-order valence-electron chi connectivity index (χ1n) is 8.08. The van der Waals surface area contributed by atoms with Gasteiger partial charge in [-0.25, -0.2) is 0 Å². The van der Waals surface area contributed by atoms with Crippen molar-refractivity contribution in [1.82, 2.24) is 4.90 Å². The summed E-state index contributed by atoms with van der Waals surface area (Å²) in [7, 11) is 1.70. The summed E-state index contributed by atoms with van der Waals surface area (Å²) in [6.07, 6.45) is 3.25. The average Bonchev–Trinajstić information content (AvgIpc) is 2.64. The number of methoxy groups -OCH3 is 1. The zero-order chi connectivity index (χ0) is 15.9. The Bertz CT molecular complexity index is 628. The number of allylic oxidation sites excluding steroid dienone is 1. The molecule has 3 rings (SSSR count). The van der Waals surface area contributed by atoms with Crippen molar-refractivity contribution in [2.45, 2.75) is 6.42 Å². The van der Waals surface area contributed by atoms with Crippen LogP contribution in [0.2, 0.25) is 0 Å². The van der Waals surface area contributed by atoms with E-state index in [0.717, 1.165) is 38.5 Å². The summed E-state index contributed by atoms with van der Waals surface area (Å²) in [6.45, 7) is 3.46. The molecule has 0 unspecified atom stereocenters. The van der Waals surface area contributed by atoms with Crippen LogP contribution in [0.25, 0.3) is 5.70 Å². The van der Waals surface area contributed by atoms with Crippen LogP contribution >= 0.6 is 0 Å². The Kier molecular flexibility index (Phi) is 5.33. The third-order valence-electron chi connectivity index (χ3n) is 4.11. The standard InChI is InChI=1S/C20H23NO2/c1-22-19-10-8-18(9-11-19)20(21-13-15-23-16-14-21)12-7-17-5-3-2-4-6-17/h2-6,8-12H,7,13-16H2,1H3. The Labute approximate surface area is 138 Å². The first kappa shape index (κ1) is 15.6. The Hall–Kier alpha value is -2.26. The monoisotopic (exact) mass is 309 g/mol. The van der Waals surface area contributed by atoms with Gasteiger partial charge in [0, 0.05) is 18.8 Å². The van der Waals surface area contributed by atoms with Crippen molar-refractivity contribution in [2.75, 3.05) is 33.4 Å². The van der Waals surface area contributed by atoms with Crippen molar-refractivity contribution < 1.29 is 9.47 Å². The quantitative estimate of drug-likeness (QED) is 0.842. The molecule has 1 heterocycles. The van der Waals surface area contributed by atoms with Crippen LogP contribution in [0.15, 0.2) is 60.7 Å². The van der Waals surface area contributed by atoms with Gasteiger partial charge in [-0.3, -0.25) is 0 Å². The molecule has 0 amide bonds. The number of ether oxygens (including phenoxy) is 2. The number of benzene rings is 2. The Balaban J connectivity index is 1.85. The van der Waals surface area contributed by atoms with Gasteiger partial charge in [-0.15, -0.1) is 0 Å². The summed E-state index contributed by atoms with van der Waals surface area (Å²) >= 11 is 0. The smallest absolute Gasteiger partial charge is 0.118 e. The van der Waals surface area contributed by atoms with Gasteiger partial charge in [-0.05, 0) is 41.8 Å². The lowest BCUT2D eigenvalue weighted by molar-refractivity contribution is 0.0639. The van der Waals surface area contributed by atoms with Gasteiger partial charge in [0.1, 0.15) is 5.75 Å². The van der Waals surface area contributed by atoms with E-state index in [-0.39, 0.29) is 0 Å². The highest BCUT2D eigenvalue weighted by molar-refractivity contribution is 5.65. The molecule has 1 fully saturated rings. The molecule has 0 radical (unpaired) electrons. The number of hydrogen-bond donors (Lipinski definition) is 0.